The van der Waals surface area contributed by atoms with Crippen molar-refractivity contribution in [3.8, 4) is 0 Å². The van der Waals surface area contributed by atoms with Gasteiger partial charge in [0.25, 0.3) is 17.6 Å². The lowest BCUT2D eigenvalue weighted by Crippen LogP contribution is -2.53. The fourth-order valence-corrected chi connectivity index (χ4v) is 10.6. The molecule has 3 N–H and O–H groups in total. The summed E-state index contributed by atoms with van der Waals surface area (Å²) in [7, 11) is 4.53. The second-order valence-corrected chi connectivity index (χ2v) is 21.5. The van der Waals surface area contributed by atoms with Crippen molar-refractivity contribution in [2.24, 2.45) is 35.5 Å². The van der Waals surface area contributed by atoms with E-state index in [9.17, 15) is 43.8 Å². The van der Waals surface area contributed by atoms with Crippen molar-refractivity contribution in [1.82, 2.24) is 15.2 Å². The minimum Gasteiger partial charge on any atom is -0.460 e. The molecule has 3 heterocycles. The number of aliphatic hydroxyl groups excluding tert-OH is 2. The Bertz CT molecular complexity index is 2210. The largest absolute Gasteiger partial charge is 0.460 e. The average Bonchev–Trinajstić information content (AvgIpc) is 3.41. The number of ketones is 4. The van der Waals surface area contributed by atoms with E-state index in [0.717, 1.165) is 16.9 Å². The van der Waals surface area contributed by atoms with Gasteiger partial charge in [0.1, 0.15) is 30.1 Å². The number of Topliss-reactive ketones (excluding diaryl/α,β-unsaturated/α-hetero) is 4. The van der Waals surface area contributed by atoms with Gasteiger partial charge in [0, 0.05) is 77.4 Å². The number of rotatable bonds is 11. The van der Waals surface area contributed by atoms with Crippen molar-refractivity contribution in [2.75, 3.05) is 41.0 Å². The molecular weight excluding hydrogens is 975 g/mol. The maximum atomic E-state index is 14.4. The van der Waals surface area contributed by atoms with E-state index in [1.54, 1.807) is 66.3 Å². The highest BCUT2D eigenvalue weighted by atomic mass is 16.5. The summed E-state index contributed by atoms with van der Waals surface area (Å²) in [6.45, 7) is 13.1. The molecule has 3 aliphatic rings. The molecule has 0 radical (unpaired) electrons. The van der Waals surface area contributed by atoms with Crippen LogP contribution in [0.15, 0.2) is 72.1 Å². The molecule has 1 aliphatic carbocycles. The quantitative estimate of drug-likeness (QED) is 0.0888. The van der Waals surface area contributed by atoms with Crippen LogP contribution in [0.1, 0.15) is 136 Å². The number of nitrogens with zero attached hydrogens (tertiary/aromatic N) is 2. The van der Waals surface area contributed by atoms with E-state index < -0.39 is 77.8 Å². The van der Waals surface area contributed by atoms with E-state index in [0.29, 0.717) is 56.2 Å². The van der Waals surface area contributed by atoms with Gasteiger partial charge in [-0.05, 0) is 119 Å². The number of aromatic nitrogens is 1. The first-order valence-corrected chi connectivity index (χ1v) is 27.3. The molecule has 1 saturated carbocycles. The lowest BCUT2D eigenvalue weighted by atomic mass is 9.78. The van der Waals surface area contributed by atoms with Crippen LogP contribution >= 0.6 is 0 Å². The van der Waals surface area contributed by atoms with E-state index in [-0.39, 0.29) is 92.7 Å². The second kappa shape index (κ2) is 32.0. The van der Waals surface area contributed by atoms with Crippen LogP contribution < -0.4 is 5.32 Å². The molecule has 1 saturated heterocycles. The summed E-state index contributed by atoms with van der Waals surface area (Å²) in [4.78, 5) is 101. The summed E-state index contributed by atoms with van der Waals surface area (Å²) in [5, 5.41) is 25.4. The molecule has 17 nitrogen and oxygen atoms in total. The molecule has 0 bridgehead atoms. The fraction of sp³-hybridized carbons (Fsp3) is 0.661. The van der Waals surface area contributed by atoms with Crippen LogP contribution in [0.5, 0.6) is 0 Å². The van der Waals surface area contributed by atoms with Crippen LogP contribution in [0.3, 0.4) is 0 Å². The van der Waals surface area contributed by atoms with Gasteiger partial charge in [0.15, 0.2) is 5.78 Å². The van der Waals surface area contributed by atoms with Crippen molar-refractivity contribution in [1.29, 1.82) is 0 Å². The molecule has 17 heteroatoms. The number of piperidine rings is 1. The SMILES string of the molecule is CO[C@H]1C[C@@H](O)CC[C@@H](C)C(=O)C(=O)C(=O)N2CCCC[C@H]2C(=O)O[C@H]([C@H](C)C[C@H]2CC[C@@H](OCCNC(=O)c3cccnc3)[C@H](OC)C2)CC(=O)[C@H](C)/C=C(\C)[C@@H](O)[C@@H](OC)C(=O)[C@H](C)C[C@H](C)/C=C/C=C/C=C/1C. The van der Waals surface area contributed by atoms with E-state index in [2.05, 4.69) is 10.3 Å². The number of methoxy groups -OCH3 is 3. The Hall–Kier alpha value is -5.04. The molecule has 14 atom stereocenters. The van der Waals surface area contributed by atoms with E-state index >= 15 is 0 Å². The Morgan fingerprint density at radius 3 is 2.29 bits per heavy atom. The normalized spacial score (nSPS) is 33.8. The molecule has 0 aromatic carbocycles. The Morgan fingerprint density at radius 2 is 1.61 bits per heavy atom. The van der Waals surface area contributed by atoms with Gasteiger partial charge in [-0.15, -0.1) is 0 Å². The molecule has 2 aliphatic heterocycles. The van der Waals surface area contributed by atoms with Crippen LogP contribution in [0.2, 0.25) is 0 Å². The van der Waals surface area contributed by atoms with Crippen molar-refractivity contribution >= 4 is 40.9 Å². The molecule has 2 amide bonds. The third-order valence-corrected chi connectivity index (χ3v) is 15.4. The summed E-state index contributed by atoms with van der Waals surface area (Å²) < 4.78 is 29.7. The topological polar surface area (TPSA) is 234 Å². The van der Waals surface area contributed by atoms with Crippen LogP contribution in [0.25, 0.3) is 0 Å². The number of esters is 1. The Kier molecular flexibility index (Phi) is 26.7. The van der Waals surface area contributed by atoms with Gasteiger partial charge < -0.3 is 44.1 Å². The van der Waals surface area contributed by atoms with E-state index in [1.807, 2.05) is 51.2 Å². The number of allylic oxidation sites excluding steroid dienone is 6. The van der Waals surface area contributed by atoms with Crippen LogP contribution in [-0.4, -0.2) is 151 Å². The lowest BCUT2D eigenvalue weighted by Gasteiger charge is -2.38. The smallest absolute Gasteiger partial charge is 0.329 e. The van der Waals surface area contributed by atoms with Gasteiger partial charge in [-0.2, -0.15) is 0 Å². The van der Waals surface area contributed by atoms with Gasteiger partial charge in [-0.3, -0.25) is 33.8 Å². The number of pyridine rings is 1. The maximum absolute atomic E-state index is 14.4. The zero-order chi connectivity index (χ0) is 56.1. The third kappa shape index (κ3) is 19.2. The van der Waals surface area contributed by atoms with Gasteiger partial charge in [-0.1, -0.05) is 71.1 Å². The first kappa shape index (κ1) is 63.5. The number of fused-ring (bicyclic) bond motifs is 1. The molecule has 76 heavy (non-hydrogen) atoms. The van der Waals surface area contributed by atoms with Crippen LogP contribution in [0, 0.1) is 35.5 Å². The van der Waals surface area contributed by atoms with Crippen molar-refractivity contribution in [2.45, 2.75) is 174 Å². The summed E-state index contributed by atoms with van der Waals surface area (Å²) in [6.07, 6.45) is 13.4. The van der Waals surface area contributed by atoms with Gasteiger partial charge >= 0.3 is 5.97 Å². The highest BCUT2D eigenvalue weighted by Gasteiger charge is 2.42. The molecule has 1 aromatic heterocycles. The van der Waals surface area contributed by atoms with Crippen molar-refractivity contribution in [3.63, 3.8) is 0 Å². The highest BCUT2D eigenvalue weighted by molar-refractivity contribution is 6.63. The predicted octanol–water partition coefficient (Wildman–Crippen LogP) is 6.87. The first-order chi connectivity index (χ1) is 36.2. The van der Waals surface area contributed by atoms with Gasteiger partial charge in [-0.25, -0.2) is 4.79 Å². The Labute approximate surface area is 450 Å². The van der Waals surface area contributed by atoms with E-state index in [4.69, 9.17) is 23.7 Å². The molecular formula is C59H87N3O14. The minimum absolute atomic E-state index is 0.00129. The fourth-order valence-electron chi connectivity index (χ4n) is 10.6. The zero-order valence-corrected chi connectivity index (χ0v) is 46.7. The standard InChI is InChI=1S/C59H87N3O14/c1-36-17-12-11-13-18-37(2)49(72-8)33-45(63)23-21-38(3)52(65)55(68)58(70)62-27-15-14-20-46(62)59(71)76-50(34-47(64)39(4)30-42(7)54(67)56(74-10)53(66)41(6)29-36)40(5)31-43-22-24-48(51(32-43)73-9)75-28-26-61-57(69)44-19-16-25-60-35-44/h11-13,16-19,25,30,35-36,38-41,43,45-46,48-51,54,56,63,67H,14-15,20-24,26-29,31-34H2,1-10H3,(H,61,69)/b13-11+,17-12+,37-18+,42-30+/t36-,38-,39-,40-,41-,43-,45+,46+,48-,49+,50+,51-,54-,56+/m1/s1. The third-order valence-electron chi connectivity index (χ3n) is 15.4. The van der Waals surface area contributed by atoms with Gasteiger partial charge in [0.2, 0.25) is 5.78 Å². The molecule has 0 unspecified atom stereocenters. The Balaban J connectivity index is 1.58. The number of carbonyl (C=O) groups is 7. The van der Waals surface area contributed by atoms with Crippen LogP contribution in [0.4, 0.5) is 0 Å². The number of amides is 2. The number of cyclic esters (lactones) is 1. The number of hydrogen-bond donors (Lipinski definition) is 3. The summed E-state index contributed by atoms with van der Waals surface area (Å²) >= 11 is 0. The van der Waals surface area contributed by atoms with E-state index in [1.165, 1.54) is 13.3 Å². The minimum atomic E-state index is -1.35. The van der Waals surface area contributed by atoms with Gasteiger partial charge in [0.05, 0.1) is 36.6 Å². The molecule has 1 aromatic rings. The first-order valence-electron chi connectivity index (χ1n) is 27.3. The second-order valence-electron chi connectivity index (χ2n) is 21.5. The van der Waals surface area contributed by atoms with Crippen molar-refractivity contribution < 1.29 is 67.5 Å². The number of ether oxygens (including phenoxy) is 5. The predicted molar refractivity (Wildman–Crippen MR) is 287 cm³/mol. The molecule has 4 rings (SSSR count). The molecule has 2 fully saturated rings. The van der Waals surface area contributed by atoms with Crippen molar-refractivity contribution in [3.05, 3.63) is 77.7 Å². The summed E-state index contributed by atoms with van der Waals surface area (Å²) in [6, 6.07) is 2.19. The zero-order valence-electron chi connectivity index (χ0n) is 46.7. The number of carbonyl (C=O) groups excluding carboxylic acids is 7. The lowest BCUT2D eigenvalue weighted by molar-refractivity contribution is -0.166. The monoisotopic (exact) mass is 1060 g/mol. The average molecular weight is 1060 g/mol. The maximum Gasteiger partial charge on any atom is 0.329 e. The van der Waals surface area contributed by atoms with Crippen LogP contribution in [-0.2, 0) is 52.5 Å². The Morgan fingerprint density at radius 1 is 0.855 bits per heavy atom. The highest BCUT2D eigenvalue weighted by Crippen LogP contribution is 2.35. The number of hydrogen-bond acceptors (Lipinski definition) is 15. The molecule has 422 valence electrons. The summed E-state index contributed by atoms with van der Waals surface area (Å²) in [5.74, 6) is -7.29. The molecule has 0 spiro atoms. The number of aliphatic hydroxyl groups is 2. The number of nitrogens with one attached hydrogen (secondary N) is 1. The summed E-state index contributed by atoms with van der Waals surface area (Å²) in [5.41, 5.74) is 1.66.